The van der Waals surface area contributed by atoms with Gasteiger partial charge in [0.05, 0.1) is 36.0 Å². The van der Waals surface area contributed by atoms with Gasteiger partial charge in [0.25, 0.3) is 11.8 Å². The summed E-state index contributed by atoms with van der Waals surface area (Å²) in [7, 11) is -0.766. The molecule has 11 heteroatoms. The molecule has 3 heterocycles. The van der Waals surface area contributed by atoms with Crippen molar-refractivity contribution in [1.29, 1.82) is 0 Å². The number of ether oxygens (including phenoxy) is 2. The number of sulfone groups is 1. The van der Waals surface area contributed by atoms with E-state index in [1.807, 2.05) is 18.7 Å². The van der Waals surface area contributed by atoms with Gasteiger partial charge in [-0.25, -0.2) is 8.42 Å². The van der Waals surface area contributed by atoms with Crippen LogP contribution in [-0.2, 0) is 20.4 Å². The van der Waals surface area contributed by atoms with Crippen LogP contribution < -0.4 is 20.1 Å². The first-order valence-corrected chi connectivity index (χ1v) is 16.6. The molecule has 44 heavy (non-hydrogen) atoms. The first-order valence-electron chi connectivity index (χ1n) is 14.9. The molecular weight excluding hydrogens is 580 g/mol. The monoisotopic (exact) mass is 618 g/mol. The number of methoxy groups -OCH3 is 2. The van der Waals surface area contributed by atoms with Gasteiger partial charge < -0.3 is 30.0 Å². The fourth-order valence-corrected chi connectivity index (χ4v) is 7.53. The van der Waals surface area contributed by atoms with Gasteiger partial charge >= 0.3 is 0 Å². The van der Waals surface area contributed by atoms with Crippen molar-refractivity contribution in [2.24, 2.45) is 0 Å². The Kier molecular flexibility index (Phi) is 8.02. The quantitative estimate of drug-likeness (QED) is 0.286. The Morgan fingerprint density at radius 2 is 1.80 bits per heavy atom. The highest BCUT2D eigenvalue weighted by Gasteiger charge is 2.34. The Bertz CT molecular complexity index is 1750. The van der Waals surface area contributed by atoms with Crippen LogP contribution in [-0.4, -0.2) is 69.5 Å². The lowest BCUT2D eigenvalue weighted by Crippen LogP contribution is -2.42. The molecule has 0 radical (unpaired) electrons. The molecular formula is C33H38N4O6S. The van der Waals surface area contributed by atoms with Gasteiger partial charge in [-0.15, -0.1) is 0 Å². The molecule has 10 nitrogen and oxygen atoms in total. The molecule has 2 aliphatic heterocycles. The number of nitrogens with one attached hydrogen (secondary N) is 3. The lowest BCUT2D eigenvalue weighted by Gasteiger charge is -2.25. The van der Waals surface area contributed by atoms with Crippen molar-refractivity contribution in [2.75, 3.05) is 32.6 Å². The van der Waals surface area contributed by atoms with Gasteiger partial charge in [-0.1, -0.05) is 0 Å². The summed E-state index contributed by atoms with van der Waals surface area (Å²) in [5.41, 5.74) is 4.64. The second-order valence-electron chi connectivity index (χ2n) is 11.8. The number of aryl methyl sites for hydroxylation is 1. The van der Waals surface area contributed by atoms with Crippen LogP contribution in [0.15, 0.2) is 41.3 Å². The van der Waals surface area contributed by atoms with E-state index < -0.39 is 9.84 Å². The Balaban J connectivity index is 1.28. The van der Waals surface area contributed by atoms with Crippen molar-refractivity contribution >= 4 is 39.0 Å². The van der Waals surface area contributed by atoms with Gasteiger partial charge in [0.1, 0.15) is 11.5 Å². The number of fused-ring (bicyclic) bond motifs is 1. The first-order chi connectivity index (χ1) is 21.1. The zero-order chi connectivity index (χ0) is 31.2. The van der Waals surface area contributed by atoms with E-state index in [2.05, 4.69) is 15.6 Å². The molecule has 0 spiro atoms. The fourth-order valence-electron chi connectivity index (χ4n) is 6.19. The number of aromatic amines is 1. The lowest BCUT2D eigenvalue weighted by atomic mass is 10.0. The number of H-pyrrole nitrogens is 1. The van der Waals surface area contributed by atoms with E-state index in [1.54, 1.807) is 30.3 Å². The van der Waals surface area contributed by atoms with E-state index in [0.717, 1.165) is 37.2 Å². The number of amides is 2. The van der Waals surface area contributed by atoms with E-state index in [9.17, 15) is 18.0 Å². The molecule has 3 aromatic rings. The van der Waals surface area contributed by atoms with Crippen LogP contribution in [0.1, 0.15) is 64.1 Å². The molecule has 1 aromatic heterocycles. The van der Waals surface area contributed by atoms with Crippen molar-refractivity contribution in [2.45, 2.75) is 62.3 Å². The molecule has 2 amide bonds. The van der Waals surface area contributed by atoms with Crippen molar-refractivity contribution in [3.63, 3.8) is 0 Å². The van der Waals surface area contributed by atoms with Gasteiger partial charge in [0, 0.05) is 53.9 Å². The number of likely N-dealkylation sites (tertiary alicyclic amines) is 1. The van der Waals surface area contributed by atoms with E-state index in [0.29, 0.717) is 51.2 Å². The molecule has 232 valence electrons. The third-order valence-corrected chi connectivity index (χ3v) is 10.4. The van der Waals surface area contributed by atoms with Gasteiger partial charge in [-0.3, -0.25) is 9.59 Å². The summed E-state index contributed by atoms with van der Waals surface area (Å²) in [5.74, 6) is 0.381. The van der Waals surface area contributed by atoms with E-state index in [1.165, 1.54) is 39.2 Å². The molecule has 0 bridgehead atoms. The summed E-state index contributed by atoms with van der Waals surface area (Å²) in [6.07, 6.45) is 6.08. The minimum absolute atomic E-state index is 0.000164. The Morgan fingerprint density at radius 1 is 1.07 bits per heavy atom. The van der Waals surface area contributed by atoms with Gasteiger partial charge in [0.2, 0.25) is 0 Å². The minimum Gasteiger partial charge on any atom is -0.497 e. The van der Waals surface area contributed by atoms with Crippen molar-refractivity contribution in [3.05, 3.63) is 70.0 Å². The van der Waals surface area contributed by atoms with Crippen molar-refractivity contribution in [1.82, 2.24) is 15.2 Å². The number of carbonyl (C=O) groups is 2. The molecule has 1 saturated heterocycles. The topological polar surface area (TPSA) is 130 Å². The largest absolute Gasteiger partial charge is 0.497 e. The number of anilines is 1. The highest BCUT2D eigenvalue weighted by Crippen LogP contribution is 2.37. The zero-order valence-electron chi connectivity index (χ0n) is 25.5. The van der Waals surface area contributed by atoms with Crippen LogP contribution in [0.3, 0.4) is 0 Å². The van der Waals surface area contributed by atoms with Crippen LogP contribution in [0, 0.1) is 13.8 Å². The minimum atomic E-state index is -3.78. The predicted octanol–water partition coefficient (Wildman–Crippen LogP) is 4.47. The van der Waals surface area contributed by atoms with Crippen LogP contribution >= 0.6 is 0 Å². The number of rotatable bonds is 10. The summed E-state index contributed by atoms with van der Waals surface area (Å²) in [5, 5.41) is 6.40. The van der Waals surface area contributed by atoms with Gasteiger partial charge in [-0.05, 0) is 87.1 Å². The SMILES string of the molecule is COc1cc(CS(=O)(=O)c2ccc3c(c2)C(=Cc2[nH]c(C)c(C(=O)N4CCC[C@@H]4CNC4CC4)c2C)C(=O)N3)cc(OC)c1. The number of hydrogen-bond acceptors (Lipinski definition) is 7. The number of carbonyl (C=O) groups excluding carboxylic acids is 2. The molecule has 0 unspecified atom stereocenters. The van der Waals surface area contributed by atoms with Crippen LogP contribution in [0.25, 0.3) is 11.6 Å². The third kappa shape index (κ3) is 5.86. The standard InChI is InChI=1S/C33H38N4O6S/c1-19-30(35-20(2)31(19)33(39)37-11-5-6-23(37)17-34-22-7-8-22)16-28-27-15-26(9-10-29(27)36-32(28)38)44(40,41)18-21-12-24(42-3)14-25(13-21)43-4/h9-10,12-16,22-23,34-35H,5-8,11,17-18H2,1-4H3,(H,36,38)/t23-/m1/s1. The maximum Gasteiger partial charge on any atom is 0.256 e. The zero-order valence-corrected chi connectivity index (χ0v) is 26.3. The fraction of sp³-hybridized carbons (Fsp3) is 0.394. The molecule has 3 N–H and O–H groups in total. The number of benzene rings is 2. The third-order valence-electron chi connectivity index (χ3n) is 8.74. The summed E-state index contributed by atoms with van der Waals surface area (Å²) < 4.78 is 37.6. The summed E-state index contributed by atoms with van der Waals surface area (Å²) in [6.45, 7) is 5.29. The van der Waals surface area contributed by atoms with Crippen LogP contribution in [0.4, 0.5) is 5.69 Å². The second-order valence-corrected chi connectivity index (χ2v) is 13.8. The highest BCUT2D eigenvalue weighted by atomic mass is 32.2. The first kappa shape index (κ1) is 30.0. The lowest BCUT2D eigenvalue weighted by molar-refractivity contribution is -0.110. The smallest absolute Gasteiger partial charge is 0.256 e. The molecule has 1 atom stereocenters. The molecule has 1 aliphatic carbocycles. The number of hydrogen-bond donors (Lipinski definition) is 3. The van der Waals surface area contributed by atoms with E-state index in [4.69, 9.17) is 9.47 Å². The normalized spacial score (nSPS) is 18.9. The Labute approximate surface area is 257 Å². The number of aromatic nitrogens is 1. The van der Waals surface area contributed by atoms with Gasteiger partial charge in [0.15, 0.2) is 9.84 Å². The molecule has 1 saturated carbocycles. The van der Waals surface area contributed by atoms with Gasteiger partial charge in [-0.2, -0.15) is 0 Å². The number of nitrogens with zero attached hydrogens (tertiary/aromatic N) is 1. The highest BCUT2D eigenvalue weighted by molar-refractivity contribution is 7.90. The average Bonchev–Trinajstić information content (AvgIpc) is 3.51. The van der Waals surface area contributed by atoms with E-state index >= 15 is 0 Å². The second kappa shape index (κ2) is 11.8. The Hall–Kier alpha value is -4.09. The van der Waals surface area contributed by atoms with Crippen LogP contribution in [0.2, 0.25) is 0 Å². The maximum absolute atomic E-state index is 13.8. The molecule has 6 rings (SSSR count). The average molecular weight is 619 g/mol. The molecule has 3 aliphatic rings. The van der Waals surface area contributed by atoms with E-state index in [-0.39, 0.29) is 28.5 Å². The van der Waals surface area contributed by atoms with Crippen LogP contribution in [0.5, 0.6) is 11.5 Å². The summed E-state index contributed by atoms with van der Waals surface area (Å²) in [4.78, 5) is 32.2. The summed E-state index contributed by atoms with van der Waals surface area (Å²) >= 11 is 0. The molecule has 2 aromatic carbocycles. The van der Waals surface area contributed by atoms with Crippen molar-refractivity contribution < 1.29 is 27.5 Å². The Morgan fingerprint density at radius 3 is 2.48 bits per heavy atom. The van der Waals surface area contributed by atoms with Crippen molar-refractivity contribution in [3.8, 4) is 11.5 Å². The molecule has 2 fully saturated rings. The maximum atomic E-state index is 13.8. The predicted molar refractivity (Wildman–Crippen MR) is 169 cm³/mol. The summed E-state index contributed by atoms with van der Waals surface area (Å²) in [6, 6.07) is 10.4.